The van der Waals surface area contributed by atoms with Crippen molar-refractivity contribution in [1.82, 2.24) is 0 Å². The lowest BCUT2D eigenvalue weighted by molar-refractivity contribution is 0.826. The van der Waals surface area contributed by atoms with Crippen LogP contribution in [0.2, 0.25) is 0 Å². The van der Waals surface area contributed by atoms with Gasteiger partial charge in [0.1, 0.15) is 0 Å². The number of aryl methyl sites for hydroxylation is 1. The predicted molar refractivity (Wildman–Crippen MR) is 183 cm³/mol. The van der Waals surface area contributed by atoms with Crippen LogP contribution in [0.25, 0.3) is 34.1 Å². The number of halogens is 2. The fraction of sp³-hybridized carbons (Fsp3) is 0.0811. The van der Waals surface area contributed by atoms with Crippen LogP contribution < -0.4 is 7.85 Å². The van der Waals surface area contributed by atoms with Gasteiger partial charge in [-0.2, -0.15) is 0 Å². The van der Waals surface area contributed by atoms with Crippen LogP contribution in [-0.2, 0) is 6.42 Å². The van der Waals surface area contributed by atoms with Gasteiger partial charge in [-0.15, -0.1) is 0 Å². The molecule has 0 saturated carbocycles. The highest BCUT2D eigenvalue weighted by Crippen LogP contribution is 2.45. The highest BCUT2D eigenvalue weighted by atomic mass is 79.9. The molecule has 200 valence electrons. The summed E-state index contributed by atoms with van der Waals surface area (Å²) in [6.07, 6.45) is 11.9. The van der Waals surface area contributed by atoms with Crippen LogP contribution in [0.3, 0.4) is 0 Å². The molecule has 0 N–H and O–H groups in total. The fourth-order valence-electron chi connectivity index (χ4n) is 6.20. The van der Waals surface area contributed by atoms with Gasteiger partial charge in [-0.05, 0) is 86.7 Å². The number of allylic oxidation sites excluding steroid dienone is 1. The first-order valence-electron chi connectivity index (χ1n) is 14.0. The smallest absolute Gasteiger partial charge is 0.0764 e. The first-order valence-corrected chi connectivity index (χ1v) is 15.4. The van der Waals surface area contributed by atoms with Crippen LogP contribution in [0.4, 0.5) is 11.4 Å². The lowest BCUT2D eigenvalue weighted by Crippen LogP contribution is -2.13. The van der Waals surface area contributed by atoms with E-state index in [9.17, 15) is 0 Å². The maximum Gasteiger partial charge on any atom is 0.0764 e. The molecule has 5 aromatic carbocycles. The Labute approximate surface area is 258 Å². The molecule has 0 bridgehead atoms. The summed E-state index contributed by atoms with van der Waals surface area (Å²) >= 11 is 6.83. The van der Waals surface area contributed by atoms with Gasteiger partial charge in [0.2, 0.25) is 0 Å². The van der Waals surface area contributed by atoms with Crippen molar-refractivity contribution in [3.05, 3.63) is 155 Å². The Balaban J connectivity index is 0.000000193. The number of hydrogen-bond donors (Lipinski definition) is 0. The van der Waals surface area contributed by atoms with Crippen LogP contribution >= 0.6 is 32.3 Å². The molecule has 1 heterocycles. The number of anilines is 2. The zero-order valence-corrected chi connectivity index (χ0v) is 25.6. The first-order chi connectivity index (χ1) is 20.2. The van der Waals surface area contributed by atoms with E-state index in [1.165, 1.54) is 68.1 Å². The first kappa shape index (κ1) is 26.1. The lowest BCUT2D eigenvalue weighted by atomic mass is 9.78. The van der Waals surface area contributed by atoms with E-state index in [0.717, 1.165) is 17.8 Å². The average Bonchev–Trinajstić information content (AvgIpc) is 3.20. The third-order valence-electron chi connectivity index (χ3n) is 8.06. The average molecular weight is 660 g/mol. The standard InChI is InChI=1S/C29H22.C8H6Br2N2/c1-4-12-24-20(8-1)18-19-23-11-7-15-27(28(23)24)29-25-13-5-2-9-21(25)16-17-22-10-3-6-14-26(22)29;9-11-5-6-12(10)8-4-2-1-3-7(8)11/h1-6,8-10,12-14,16-19H,7,11,15H2;1-6H. The van der Waals surface area contributed by atoms with Crippen LogP contribution in [0.15, 0.2) is 122 Å². The van der Waals surface area contributed by atoms with Crippen molar-refractivity contribution >= 4 is 77.7 Å². The number of rotatable bonds is 0. The Kier molecular flexibility index (Phi) is 7.12. The van der Waals surface area contributed by atoms with E-state index in [1.807, 2.05) is 44.5 Å². The van der Waals surface area contributed by atoms with E-state index in [2.05, 4.69) is 129 Å². The number of nitrogens with zero attached hydrogens (tertiary/aromatic N) is 2. The Hall–Kier alpha value is -3.86. The van der Waals surface area contributed by atoms with Crippen molar-refractivity contribution < 1.29 is 0 Å². The molecule has 41 heavy (non-hydrogen) atoms. The molecule has 3 aliphatic rings. The van der Waals surface area contributed by atoms with Crippen molar-refractivity contribution in [3.63, 3.8) is 0 Å². The molecule has 8 rings (SSSR count). The highest BCUT2D eigenvalue weighted by molar-refractivity contribution is 9.10. The van der Waals surface area contributed by atoms with Crippen LogP contribution in [0.5, 0.6) is 0 Å². The topological polar surface area (TPSA) is 6.48 Å². The Morgan fingerprint density at radius 2 is 1.10 bits per heavy atom. The van der Waals surface area contributed by atoms with Crippen molar-refractivity contribution in [2.24, 2.45) is 0 Å². The van der Waals surface area contributed by atoms with Gasteiger partial charge in [-0.25, -0.2) is 0 Å². The van der Waals surface area contributed by atoms with Crippen LogP contribution in [0.1, 0.15) is 46.2 Å². The molecule has 4 heteroatoms. The van der Waals surface area contributed by atoms with E-state index in [-0.39, 0.29) is 0 Å². The largest absolute Gasteiger partial charge is 0.281 e. The highest BCUT2D eigenvalue weighted by Gasteiger charge is 2.24. The molecule has 0 amide bonds. The molecule has 0 saturated heterocycles. The molecule has 0 spiro atoms. The zero-order chi connectivity index (χ0) is 27.8. The number of hydrogen-bond acceptors (Lipinski definition) is 2. The normalized spacial score (nSPS) is 14.9. The second-order valence-electron chi connectivity index (χ2n) is 10.4. The minimum absolute atomic E-state index is 1.12. The quantitative estimate of drug-likeness (QED) is 0.150. The maximum atomic E-state index is 3.41. The Morgan fingerprint density at radius 3 is 1.76 bits per heavy atom. The minimum atomic E-state index is 1.12. The molecule has 5 aromatic rings. The lowest BCUT2D eigenvalue weighted by Gasteiger charge is -2.26. The second-order valence-corrected chi connectivity index (χ2v) is 12.0. The third kappa shape index (κ3) is 4.86. The van der Waals surface area contributed by atoms with E-state index < -0.39 is 0 Å². The fourth-order valence-corrected chi connectivity index (χ4v) is 7.02. The second kappa shape index (κ2) is 11.2. The van der Waals surface area contributed by atoms with Gasteiger partial charge < -0.3 is 0 Å². The summed E-state index contributed by atoms with van der Waals surface area (Å²) in [5.41, 5.74) is 13.4. The summed E-state index contributed by atoms with van der Waals surface area (Å²) in [4.78, 5) is 0. The SMILES string of the molecule is BrN1C=CN(Br)c2ccccc21.C1=Cc2ccccc2C(=C2CCCc3ccc4ccccc4c32)c2ccccc21. The van der Waals surface area contributed by atoms with Crippen molar-refractivity contribution in [2.45, 2.75) is 19.3 Å². The van der Waals surface area contributed by atoms with Crippen LogP contribution in [-0.4, -0.2) is 0 Å². The number of benzene rings is 5. The molecule has 0 unspecified atom stereocenters. The monoisotopic (exact) mass is 658 g/mol. The van der Waals surface area contributed by atoms with Gasteiger partial charge in [0.15, 0.2) is 0 Å². The Bertz CT molecular complexity index is 1780. The minimum Gasteiger partial charge on any atom is -0.281 e. The van der Waals surface area contributed by atoms with Gasteiger partial charge in [-0.3, -0.25) is 7.85 Å². The molecule has 1 aliphatic heterocycles. The molecular formula is C37H28Br2N2. The maximum absolute atomic E-state index is 3.41. The summed E-state index contributed by atoms with van der Waals surface area (Å²) in [5, 5.41) is 2.72. The van der Waals surface area contributed by atoms with Gasteiger partial charge >= 0.3 is 0 Å². The zero-order valence-electron chi connectivity index (χ0n) is 22.5. The van der Waals surface area contributed by atoms with Crippen molar-refractivity contribution in [3.8, 4) is 0 Å². The van der Waals surface area contributed by atoms with Gasteiger partial charge in [0.05, 0.1) is 43.7 Å². The van der Waals surface area contributed by atoms with Crippen molar-refractivity contribution in [1.29, 1.82) is 0 Å². The van der Waals surface area contributed by atoms with Crippen molar-refractivity contribution in [2.75, 3.05) is 7.85 Å². The molecule has 2 nitrogen and oxygen atoms in total. The van der Waals surface area contributed by atoms with E-state index in [1.54, 1.807) is 0 Å². The molecule has 0 atom stereocenters. The molecule has 0 radical (unpaired) electrons. The van der Waals surface area contributed by atoms with Gasteiger partial charge in [0, 0.05) is 12.4 Å². The molecular weight excluding hydrogens is 632 g/mol. The number of para-hydroxylation sites is 2. The molecule has 2 aliphatic carbocycles. The predicted octanol–water partition coefficient (Wildman–Crippen LogP) is 11.0. The summed E-state index contributed by atoms with van der Waals surface area (Å²) in [5.74, 6) is 0. The Morgan fingerprint density at radius 1 is 0.537 bits per heavy atom. The van der Waals surface area contributed by atoms with E-state index in [0.29, 0.717) is 0 Å². The summed E-state index contributed by atoms with van der Waals surface area (Å²) in [6.45, 7) is 0. The van der Waals surface area contributed by atoms with Gasteiger partial charge in [0.25, 0.3) is 0 Å². The summed E-state index contributed by atoms with van der Waals surface area (Å²) < 4.78 is 3.81. The summed E-state index contributed by atoms with van der Waals surface area (Å²) in [6, 6.07) is 39.3. The van der Waals surface area contributed by atoms with E-state index in [4.69, 9.17) is 0 Å². The van der Waals surface area contributed by atoms with Gasteiger partial charge in [-0.1, -0.05) is 109 Å². The van der Waals surface area contributed by atoms with Crippen LogP contribution in [0, 0.1) is 0 Å². The van der Waals surface area contributed by atoms with E-state index >= 15 is 0 Å². The molecule has 0 fully saturated rings. The number of fused-ring (bicyclic) bond motifs is 6. The third-order valence-corrected chi connectivity index (χ3v) is 9.30. The summed E-state index contributed by atoms with van der Waals surface area (Å²) in [7, 11) is 0. The molecule has 0 aromatic heterocycles.